The number of rotatable bonds is 7. The molecule has 33 heavy (non-hydrogen) atoms. The van der Waals surface area contributed by atoms with Gasteiger partial charge in [0.2, 0.25) is 16.1 Å². The maximum Gasteiger partial charge on any atom is 0.266 e. The zero-order chi connectivity index (χ0) is 23.6. The number of benzene rings is 2. The van der Waals surface area contributed by atoms with Crippen LogP contribution in [0.5, 0.6) is 0 Å². The number of hydrogen-bond donors (Lipinski definition) is 0. The summed E-state index contributed by atoms with van der Waals surface area (Å²) in [6.07, 6.45) is -0.801. The number of carbonyl (C=O) groups is 1. The van der Waals surface area contributed by atoms with Crippen LogP contribution in [0, 0.1) is 0 Å². The second-order valence-corrected chi connectivity index (χ2v) is 10.4. The summed E-state index contributed by atoms with van der Waals surface area (Å²) < 4.78 is 26.0. The van der Waals surface area contributed by atoms with Gasteiger partial charge in [-0.25, -0.2) is 12.7 Å². The molecule has 1 aromatic heterocycles. The number of nitrogens with zero attached hydrogens (tertiary/aromatic N) is 6. The van der Waals surface area contributed by atoms with E-state index >= 15 is 0 Å². The van der Waals surface area contributed by atoms with Gasteiger partial charge < -0.3 is 9.74 Å². The predicted octanol–water partition coefficient (Wildman–Crippen LogP) is 0.843. The molecule has 2 heterocycles. The lowest BCUT2D eigenvalue weighted by atomic mass is 10.2. The molecule has 3 aromatic rings. The average molecular weight is 473 g/mol. The Morgan fingerprint density at radius 3 is 2.45 bits per heavy atom. The van der Waals surface area contributed by atoms with Gasteiger partial charge in [0, 0.05) is 46.8 Å². The summed E-state index contributed by atoms with van der Waals surface area (Å²) >= 11 is 0. The van der Waals surface area contributed by atoms with Crippen molar-refractivity contribution < 1.29 is 18.0 Å². The number of amides is 1. The minimum Gasteiger partial charge on any atom is -0.382 e. The van der Waals surface area contributed by atoms with Crippen LogP contribution in [0.2, 0.25) is 0 Å². The van der Waals surface area contributed by atoms with Crippen molar-refractivity contribution in [3.63, 3.8) is 0 Å². The minimum absolute atomic E-state index is 0.0978. The van der Waals surface area contributed by atoms with Crippen LogP contribution in [-0.4, -0.2) is 90.0 Å². The molecule has 0 radical (unpaired) electrons. The zero-order valence-electron chi connectivity index (χ0n) is 19.0. The van der Waals surface area contributed by atoms with Gasteiger partial charge in [-0.2, -0.15) is 0 Å². The lowest BCUT2D eigenvalue weighted by Crippen LogP contribution is -2.52. The Balaban J connectivity index is 1.40. The monoisotopic (exact) mass is 472 g/mol. The number of fused-ring (bicyclic) bond motifs is 1. The third-order valence-electron chi connectivity index (χ3n) is 5.70. The van der Waals surface area contributed by atoms with Gasteiger partial charge in [0.05, 0.1) is 4.90 Å². The van der Waals surface area contributed by atoms with Gasteiger partial charge in [-0.05, 0) is 35.9 Å². The molecule has 0 spiro atoms. The summed E-state index contributed by atoms with van der Waals surface area (Å²) in [5.74, 6) is -0.143. The first-order chi connectivity index (χ1) is 15.8. The van der Waals surface area contributed by atoms with E-state index in [1.807, 2.05) is 18.2 Å². The van der Waals surface area contributed by atoms with Crippen molar-refractivity contribution in [2.75, 3.05) is 40.3 Å². The highest BCUT2D eigenvalue weighted by atomic mass is 32.2. The highest BCUT2D eigenvalue weighted by Gasteiger charge is 2.27. The number of piperazine rings is 1. The van der Waals surface area contributed by atoms with E-state index in [9.17, 15) is 13.2 Å². The number of aromatic nitrogens is 3. The quantitative estimate of drug-likeness (QED) is 0.502. The molecule has 176 valence electrons. The van der Waals surface area contributed by atoms with Gasteiger partial charge in [-0.15, -0.1) is 5.10 Å². The molecule has 0 N–H and O–H groups in total. The van der Waals surface area contributed by atoms with E-state index in [1.54, 1.807) is 17.9 Å². The van der Waals surface area contributed by atoms with Gasteiger partial charge in [-0.1, -0.05) is 35.2 Å². The minimum atomic E-state index is -3.62. The standard InChI is InChI=1S/C22H28N6O4S/c1-17(22(29)27-13-11-26(12-14-27)16-18-7-5-4-6-8-18)32-28-21-15-19(33(30,31)25(2)3)9-10-20(21)23-24-28/h4-10,15,17H,11-14,16H2,1-3H3/t17-/m1/s1. The predicted molar refractivity (Wildman–Crippen MR) is 123 cm³/mol. The summed E-state index contributed by atoms with van der Waals surface area (Å²) in [5.41, 5.74) is 2.11. The fourth-order valence-electron chi connectivity index (χ4n) is 3.75. The van der Waals surface area contributed by atoms with Gasteiger partial charge >= 0.3 is 0 Å². The first-order valence-electron chi connectivity index (χ1n) is 10.8. The average Bonchev–Trinajstić information content (AvgIpc) is 3.21. The Bertz CT molecular complexity index is 1220. The van der Waals surface area contributed by atoms with Crippen LogP contribution in [0.15, 0.2) is 53.4 Å². The molecule has 1 aliphatic heterocycles. The second-order valence-electron chi connectivity index (χ2n) is 8.23. The van der Waals surface area contributed by atoms with Crippen LogP contribution in [0.25, 0.3) is 11.0 Å². The number of carbonyl (C=O) groups excluding carboxylic acids is 1. The molecule has 11 heteroatoms. The summed E-state index contributed by atoms with van der Waals surface area (Å²) in [6, 6.07) is 14.8. The zero-order valence-corrected chi connectivity index (χ0v) is 19.8. The van der Waals surface area contributed by atoms with Gasteiger partial charge in [0.15, 0.2) is 0 Å². The molecular formula is C22H28N6O4S. The van der Waals surface area contributed by atoms with E-state index in [1.165, 1.54) is 31.8 Å². The first kappa shape index (κ1) is 23.1. The van der Waals surface area contributed by atoms with Crippen molar-refractivity contribution in [3.05, 3.63) is 54.1 Å². The Morgan fingerprint density at radius 1 is 1.09 bits per heavy atom. The van der Waals surface area contributed by atoms with Gasteiger partial charge in [0.1, 0.15) is 11.0 Å². The SMILES string of the molecule is C[C@@H](On1nnc2ccc(S(=O)(=O)N(C)C)cc21)C(=O)N1CCN(Cc2ccccc2)CC1. The van der Waals surface area contributed by atoms with Crippen molar-refractivity contribution in [2.24, 2.45) is 0 Å². The van der Waals surface area contributed by atoms with E-state index < -0.39 is 16.1 Å². The Morgan fingerprint density at radius 2 is 1.79 bits per heavy atom. The van der Waals surface area contributed by atoms with Crippen LogP contribution >= 0.6 is 0 Å². The van der Waals surface area contributed by atoms with Gasteiger partial charge in [0.25, 0.3) is 5.91 Å². The third kappa shape index (κ3) is 5.00. The van der Waals surface area contributed by atoms with Crippen molar-refractivity contribution in [2.45, 2.75) is 24.5 Å². The van der Waals surface area contributed by atoms with Crippen molar-refractivity contribution in [1.29, 1.82) is 0 Å². The Hall–Kier alpha value is -3.02. The molecule has 1 fully saturated rings. The highest BCUT2D eigenvalue weighted by Crippen LogP contribution is 2.19. The number of hydrogen-bond acceptors (Lipinski definition) is 7. The molecule has 1 atom stereocenters. The van der Waals surface area contributed by atoms with Crippen molar-refractivity contribution in [3.8, 4) is 0 Å². The van der Waals surface area contributed by atoms with Crippen molar-refractivity contribution in [1.82, 2.24) is 29.3 Å². The molecule has 0 bridgehead atoms. The summed E-state index contributed by atoms with van der Waals surface area (Å²) in [4.78, 5) is 24.1. The first-order valence-corrected chi connectivity index (χ1v) is 12.2. The summed E-state index contributed by atoms with van der Waals surface area (Å²) in [7, 11) is -0.695. The van der Waals surface area contributed by atoms with Gasteiger partial charge in [-0.3, -0.25) is 9.69 Å². The van der Waals surface area contributed by atoms with Crippen LogP contribution in [0.1, 0.15) is 12.5 Å². The van der Waals surface area contributed by atoms with Crippen LogP contribution in [-0.2, 0) is 21.4 Å². The Labute approximate surface area is 193 Å². The van der Waals surface area contributed by atoms with Crippen LogP contribution in [0.3, 0.4) is 0 Å². The van der Waals surface area contributed by atoms with E-state index in [0.717, 1.165) is 28.8 Å². The largest absolute Gasteiger partial charge is 0.382 e. The second kappa shape index (κ2) is 9.46. The van der Waals surface area contributed by atoms with Crippen LogP contribution < -0.4 is 4.84 Å². The molecule has 0 saturated carbocycles. The fraction of sp³-hybridized carbons (Fsp3) is 0.409. The molecule has 4 rings (SSSR count). The number of sulfonamides is 1. The smallest absolute Gasteiger partial charge is 0.266 e. The lowest BCUT2D eigenvalue weighted by molar-refractivity contribution is -0.145. The molecular weight excluding hydrogens is 444 g/mol. The summed E-state index contributed by atoms with van der Waals surface area (Å²) in [6.45, 7) is 5.31. The highest BCUT2D eigenvalue weighted by molar-refractivity contribution is 7.89. The van der Waals surface area contributed by atoms with Crippen LogP contribution in [0.4, 0.5) is 0 Å². The summed E-state index contributed by atoms with van der Waals surface area (Å²) in [5, 5.41) is 7.96. The molecule has 1 amide bonds. The molecule has 2 aromatic carbocycles. The van der Waals surface area contributed by atoms with E-state index in [4.69, 9.17) is 4.84 Å². The fourth-order valence-corrected chi connectivity index (χ4v) is 4.67. The Kier molecular flexibility index (Phi) is 6.63. The maximum atomic E-state index is 13.0. The van der Waals surface area contributed by atoms with E-state index in [-0.39, 0.29) is 10.8 Å². The van der Waals surface area contributed by atoms with E-state index in [0.29, 0.717) is 24.1 Å². The third-order valence-corrected chi connectivity index (χ3v) is 7.52. The normalized spacial score (nSPS) is 16.3. The molecule has 1 saturated heterocycles. The molecule has 0 unspecified atom stereocenters. The topological polar surface area (TPSA) is 101 Å². The van der Waals surface area contributed by atoms with E-state index in [2.05, 4.69) is 27.3 Å². The molecule has 1 aliphatic rings. The molecule has 0 aliphatic carbocycles. The molecule has 10 nitrogen and oxygen atoms in total. The lowest BCUT2D eigenvalue weighted by Gasteiger charge is -2.35. The maximum absolute atomic E-state index is 13.0. The van der Waals surface area contributed by atoms with Crippen molar-refractivity contribution >= 4 is 27.0 Å².